The van der Waals surface area contributed by atoms with E-state index in [1.54, 1.807) is 18.2 Å². The average Bonchev–Trinajstić information content (AvgIpc) is 2.15. The Labute approximate surface area is 85.5 Å². The lowest BCUT2D eigenvalue weighted by atomic mass is 10.1. The summed E-state index contributed by atoms with van der Waals surface area (Å²) in [4.78, 5) is 14.6. The van der Waals surface area contributed by atoms with E-state index in [1.807, 2.05) is 6.92 Å². The number of hydrogen-bond acceptors (Lipinski definition) is 1. The van der Waals surface area contributed by atoms with Gasteiger partial charge in [0.2, 0.25) is 0 Å². The first kappa shape index (κ1) is 9.94. The summed E-state index contributed by atoms with van der Waals surface area (Å²) >= 11 is 3.10. The van der Waals surface area contributed by atoms with Crippen LogP contribution in [0.15, 0.2) is 18.2 Å². The normalized spacial score (nSPS) is 9.31. The van der Waals surface area contributed by atoms with E-state index in [2.05, 4.69) is 20.8 Å². The number of aryl methyl sites for hydroxylation is 1. The van der Waals surface area contributed by atoms with Gasteiger partial charge in [0.25, 0.3) is 0 Å². The van der Waals surface area contributed by atoms with Crippen molar-refractivity contribution in [1.82, 2.24) is 0 Å². The molecular weight excluding hydrogens is 230 g/mol. The van der Waals surface area contributed by atoms with E-state index in [9.17, 15) is 4.79 Å². The number of rotatable bonds is 2. The van der Waals surface area contributed by atoms with Crippen LogP contribution in [0.5, 0.6) is 0 Å². The Hall–Kier alpha value is -1.14. The van der Waals surface area contributed by atoms with E-state index < -0.39 is 0 Å². The molecule has 1 aromatic rings. The lowest BCUT2D eigenvalue weighted by Gasteiger charge is -2.00. The number of alkyl halides is 1. The van der Waals surface area contributed by atoms with Gasteiger partial charge in [0.15, 0.2) is 11.5 Å². The number of carbonyl (C=O) groups is 1. The van der Waals surface area contributed by atoms with E-state index >= 15 is 0 Å². The molecule has 0 spiro atoms. The zero-order valence-electron chi connectivity index (χ0n) is 7.17. The summed E-state index contributed by atoms with van der Waals surface area (Å²) in [5.41, 5.74) is 2.06. The molecule has 0 bridgehead atoms. The largest absolute Gasteiger partial charge is 0.293 e. The van der Waals surface area contributed by atoms with Gasteiger partial charge < -0.3 is 0 Å². The summed E-state index contributed by atoms with van der Waals surface area (Å²) in [5.74, 6) is 0.00796. The lowest BCUT2D eigenvalue weighted by Crippen LogP contribution is -1.99. The number of ketones is 1. The molecule has 2 nitrogen and oxygen atoms in total. The van der Waals surface area contributed by atoms with Crippen molar-refractivity contribution >= 4 is 27.4 Å². The van der Waals surface area contributed by atoms with E-state index in [-0.39, 0.29) is 5.78 Å². The van der Waals surface area contributed by atoms with Gasteiger partial charge in [0, 0.05) is 5.56 Å². The maximum Gasteiger partial charge on any atom is 0.188 e. The second-order valence-corrected chi connectivity index (χ2v) is 3.29. The van der Waals surface area contributed by atoms with Crippen LogP contribution < -0.4 is 0 Å². The minimum atomic E-state index is 0.00796. The molecule has 66 valence electrons. The molecule has 0 radical (unpaired) electrons. The molecule has 0 N–H and O–H groups in total. The van der Waals surface area contributed by atoms with Gasteiger partial charge >= 0.3 is 0 Å². The minimum Gasteiger partial charge on any atom is -0.293 e. The van der Waals surface area contributed by atoms with E-state index in [0.29, 0.717) is 16.6 Å². The molecule has 0 aliphatic heterocycles. The van der Waals surface area contributed by atoms with Crippen LogP contribution in [0.3, 0.4) is 0 Å². The molecule has 0 unspecified atom stereocenters. The minimum absolute atomic E-state index is 0.00796. The number of benzene rings is 1. The smallest absolute Gasteiger partial charge is 0.188 e. The second kappa shape index (κ2) is 4.20. The monoisotopic (exact) mass is 237 g/mol. The highest BCUT2D eigenvalue weighted by atomic mass is 79.9. The molecule has 3 heteroatoms. The lowest BCUT2D eigenvalue weighted by molar-refractivity contribution is 0.102. The summed E-state index contributed by atoms with van der Waals surface area (Å²) in [6.45, 7) is 8.71. The maximum atomic E-state index is 11.3. The molecule has 0 aliphatic rings. The Morgan fingerprint density at radius 2 is 2.23 bits per heavy atom. The molecule has 0 saturated carbocycles. The fourth-order valence-corrected chi connectivity index (χ4v) is 1.39. The Kier molecular flexibility index (Phi) is 3.21. The standard InChI is InChI=1S/C10H8BrNO/c1-7-3-8(10(13)6-11)5-9(4-7)12-2/h3-5H,6H2,1H3. The van der Waals surface area contributed by atoms with Gasteiger partial charge in [-0.2, -0.15) is 0 Å². The molecule has 0 aliphatic carbocycles. The molecule has 13 heavy (non-hydrogen) atoms. The molecule has 0 amide bonds. The van der Waals surface area contributed by atoms with Crippen molar-refractivity contribution in [2.75, 3.05) is 5.33 Å². The molecule has 0 atom stereocenters. The van der Waals surface area contributed by atoms with Crippen molar-refractivity contribution in [2.45, 2.75) is 6.92 Å². The first-order chi connectivity index (χ1) is 6.17. The van der Waals surface area contributed by atoms with E-state index in [0.717, 1.165) is 5.56 Å². The van der Waals surface area contributed by atoms with Crippen molar-refractivity contribution in [3.63, 3.8) is 0 Å². The van der Waals surface area contributed by atoms with Gasteiger partial charge in [-0.3, -0.25) is 4.79 Å². The Bertz CT molecular complexity index is 379. The summed E-state index contributed by atoms with van der Waals surface area (Å²) in [6.07, 6.45) is 0. The van der Waals surface area contributed by atoms with Crippen LogP contribution in [0.25, 0.3) is 4.85 Å². The number of nitrogens with zero attached hydrogens (tertiary/aromatic N) is 1. The van der Waals surface area contributed by atoms with E-state index in [4.69, 9.17) is 6.57 Å². The van der Waals surface area contributed by atoms with Crippen molar-refractivity contribution in [2.24, 2.45) is 0 Å². The average molecular weight is 238 g/mol. The Morgan fingerprint density at radius 1 is 1.54 bits per heavy atom. The summed E-state index contributed by atoms with van der Waals surface area (Å²) in [5, 5.41) is 0.299. The molecule has 0 fully saturated rings. The number of Topliss-reactive ketones (excluding diaryl/α,β-unsaturated/α-hetero) is 1. The van der Waals surface area contributed by atoms with Crippen molar-refractivity contribution in [3.8, 4) is 0 Å². The molecule has 1 rings (SSSR count). The molecule has 1 aromatic carbocycles. The van der Waals surface area contributed by atoms with Gasteiger partial charge in [-0.15, -0.1) is 0 Å². The van der Waals surface area contributed by atoms with Crippen molar-refractivity contribution < 1.29 is 4.79 Å². The predicted molar refractivity (Wildman–Crippen MR) is 55.6 cm³/mol. The third kappa shape index (κ3) is 2.40. The van der Waals surface area contributed by atoms with Gasteiger partial charge in [-0.05, 0) is 13.0 Å². The van der Waals surface area contributed by atoms with Crippen LogP contribution in [0.4, 0.5) is 5.69 Å². The van der Waals surface area contributed by atoms with Gasteiger partial charge in [-0.1, -0.05) is 33.6 Å². The van der Waals surface area contributed by atoms with Crippen LogP contribution in [0.1, 0.15) is 15.9 Å². The Morgan fingerprint density at radius 3 is 2.77 bits per heavy atom. The molecular formula is C10H8BrNO. The van der Waals surface area contributed by atoms with Crippen LogP contribution in [-0.4, -0.2) is 11.1 Å². The van der Waals surface area contributed by atoms with E-state index in [1.165, 1.54) is 0 Å². The SMILES string of the molecule is [C-]#[N+]c1cc(C)cc(C(=O)CBr)c1. The molecule has 0 heterocycles. The van der Waals surface area contributed by atoms with Crippen molar-refractivity contribution in [1.29, 1.82) is 0 Å². The zero-order chi connectivity index (χ0) is 9.84. The van der Waals surface area contributed by atoms with Gasteiger partial charge in [0.05, 0.1) is 11.9 Å². The summed E-state index contributed by atoms with van der Waals surface area (Å²) < 4.78 is 0. The number of carbonyl (C=O) groups excluding carboxylic acids is 1. The van der Waals surface area contributed by atoms with Crippen molar-refractivity contribution in [3.05, 3.63) is 40.7 Å². The number of hydrogen-bond donors (Lipinski definition) is 0. The molecule has 0 aromatic heterocycles. The Balaban J connectivity index is 3.17. The maximum absolute atomic E-state index is 11.3. The fraction of sp³-hybridized carbons (Fsp3) is 0.200. The second-order valence-electron chi connectivity index (χ2n) is 2.73. The van der Waals surface area contributed by atoms with Gasteiger partial charge in [-0.25, -0.2) is 4.85 Å². The zero-order valence-corrected chi connectivity index (χ0v) is 8.76. The van der Waals surface area contributed by atoms with Crippen LogP contribution in [0, 0.1) is 13.5 Å². The quantitative estimate of drug-likeness (QED) is 0.440. The highest BCUT2D eigenvalue weighted by Gasteiger charge is 2.05. The summed E-state index contributed by atoms with van der Waals surface area (Å²) in [6, 6.07) is 5.17. The van der Waals surface area contributed by atoms with Crippen LogP contribution in [-0.2, 0) is 0 Å². The predicted octanol–water partition coefficient (Wildman–Crippen LogP) is 3.12. The van der Waals surface area contributed by atoms with Crippen LogP contribution >= 0.6 is 15.9 Å². The third-order valence-electron chi connectivity index (χ3n) is 1.63. The fourth-order valence-electron chi connectivity index (χ4n) is 1.07. The first-order valence-electron chi connectivity index (χ1n) is 3.75. The van der Waals surface area contributed by atoms with Gasteiger partial charge in [0.1, 0.15) is 0 Å². The first-order valence-corrected chi connectivity index (χ1v) is 4.88. The van der Waals surface area contributed by atoms with Crippen LogP contribution in [0.2, 0.25) is 0 Å². The molecule has 0 saturated heterocycles. The topological polar surface area (TPSA) is 21.4 Å². The highest BCUT2D eigenvalue weighted by Crippen LogP contribution is 2.18. The number of halogens is 1. The summed E-state index contributed by atoms with van der Waals surface area (Å²) in [7, 11) is 0. The third-order valence-corrected chi connectivity index (χ3v) is 2.14. The highest BCUT2D eigenvalue weighted by molar-refractivity contribution is 9.09.